The van der Waals surface area contributed by atoms with Crippen molar-refractivity contribution in [2.45, 2.75) is 36.9 Å². The largest absolute Gasteiger partial charge is 0.388 e. The predicted octanol–water partition coefficient (Wildman–Crippen LogP) is -0.947. The van der Waals surface area contributed by atoms with Crippen LogP contribution in [0.2, 0.25) is 0 Å². The molecule has 0 bridgehead atoms. The highest BCUT2D eigenvalue weighted by Crippen LogP contribution is 2.22. The van der Waals surface area contributed by atoms with Gasteiger partial charge in [0.25, 0.3) is 0 Å². The van der Waals surface area contributed by atoms with Gasteiger partial charge in [0.1, 0.15) is 18.3 Å². The second-order valence-corrected chi connectivity index (χ2v) is 3.09. The lowest BCUT2D eigenvalue weighted by Gasteiger charge is -2.36. The molecule has 5 atom stereocenters. The summed E-state index contributed by atoms with van der Waals surface area (Å²) in [4.78, 5) is 0. The molecule has 5 heteroatoms. The molecular weight excluding hydrogens is 172 g/mol. The Bertz CT molecular complexity index is 129. The van der Waals surface area contributed by atoms with E-state index in [-0.39, 0.29) is 0 Å². The van der Waals surface area contributed by atoms with E-state index in [1.807, 2.05) is 0 Å². The first-order chi connectivity index (χ1) is 5.04. The van der Waals surface area contributed by atoms with Crippen LogP contribution in [0.1, 0.15) is 6.92 Å². The molecule has 1 fully saturated rings. The van der Waals surface area contributed by atoms with E-state index >= 15 is 0 Å². The number of aliphatic hydroxyl groups excluding tert-OH is 3. The fraction of sp³-hybridized carbons (Fsp3) is 1.00. The molecule has 1 heterocycles. The quantitative estimate of drug-likeness (QED) is 0.423. The maximum Gasteiger partial charge on any atom is 0.160 e. The third-order valence-corrected chi connectivity index (χ3v) is 2.15. The van der Waals surface area contributed by atoms with Gasteiger partial charge in [0.05, 0.1) is 6.10 Å². The summed E-state index contributed by atoms with van der Waals surface area (Å²) in [7, 11) is 0. The monoisotopic (exact) mass is 182 g/mol. The number of hydrogen-bond acceptors (Lipinski definition) is 4. The standard InChI is InChI=1S/C6H11ClO4/c1-2-3(8)4(9)5(10)6(7)11-2/h2-6,8-10H,1H3/t2-,3+,4+,5-,6?/m0/s1. The van der Waals surface area contributed by atoms with Gasteiger partial charge in [-0.3, -0.25) is 0 Å². The molecule has 0 saturated carbocycles. The molecule has 1 aliphatic heterocycles. The molecule has 1 aliphatic rings. The SMILES string of the molecule is C[C@@H]1OC(Cl)[C@@H](O)[C@H](O)[C@@H]1O. The van der Waals surface area contributed by atoms with Crippen LogP contribution in [0.4, 0.5) is 0 Å². The van der Waals surface area contributed by atoms with Gasteiger partial charge in [-0.25, -0.2) is 0 Å². The fourth-order valence-electron chi connectivity index (χ4n) is 1.00. The highest BCUT2D eigenvalue weighted by Gasteiger charge is 2.40. The summed E-state index contributed by atoms with van der Waals surface area (Å²) in [5, 5.41) is 27.3. The van der Waals surface area contributed by atoms with Crippen molar-refractivity contribution >= 4 is 11.6 Å². The minimum atomic E-state index is -1.22. The van der Waals surface area contributed by atoms with Crippen LogP contribution in [0, 0.1) is 0 Å². The summed E-state index contributed by atoms with van der Waals surface area (Å²) >= 11 is 5.48. The summed E-state index contributed by atoms with van der Waals surface area (Å²) in [6.07, 6.45) is -4.06. The molecule has 11 heavy (non-hydrogen) atoms. The van der Waals surface area contributed by atoms with Crippen LogP contribution in [0.3, 0.4) is 0 Å². The molecule has 0 aliphatic carbocycles. The number of alkyl halides is 1. The molecule has 0 aromatic carbocycles. The highest BCUT2D eigenvalue weighted by molar-refractivity contribution is 6.20. The second kappa shape index (κ2) is 3.25. The first-order valence-electron chi connectivity index (χ1n) is 3.37. The highest BCUT2D eigenvalue weighted by atomic mass is 35.5. The Kier molecular flexibility index (Phi) is 2.72. The molecule has 3 N–H and O–H groups in total. The molecule has 0 radical (unpaired) electrons. The zero-order valence-corrected chi connectivity index (χ0v) is 6.77. The van der Waals surface area contributed by atoms with E-state index in [9.17, 15) is 0 Å². The van der Waals surface area contributed by atoms with Crippen LogP contribution in [-0.4, -0.2) is 45.3 Å². The van der Waals surface area contributed by atoms with Crippen molar-refractivity contribution in [2.24, 2.45) is 0 Å². The first-order valence-corrected chi connectivity index (χ1v) is 3.81. The van der Waals surface area contributed by atoms with Gasteiger partial charge in [0, 0.05) is 0 Å². The lowest BCUT2D eigenvalue weighted by atomic mass is 10.0. The summed E-state index contributed by atoms with van der Waals surface area (Å²) in [5.74, 6) is 0. The minimum absolute atomic E-state index is 0.545. The van der Waals surface area contributed by atoms with Gasteiger partial charge < -0.3 is 20.1 Å². The van der Waals surface area contributed by atoms with E-state index < -0.39 is 30.0 Å². The molecule has 4 nitrogen and oxygen atoms in total. The fourth-order valence-corrected chi connectivity index (χ4v) is 1.31. The Hall–Kier alpha value is 0.130. The molecule has 0 aromatic rings. The number of hydrogen-bond donors (Lipinski definition) is 3. The second-order valence-electron chi connectivity index (χ2n) is 2.66. The molecular formula is C6H11ClO4. The lowest BCUT2D eigenvalue weighted by Crippen LogP contribution is -2.54. The van der Waals surface area contributed by atoms with E-state index in [0.29, 0.717) is 0 Å². The summed E-state index contributed by atoms with van der Waals surface area (Å²) in [6, 6.07) is 0. The Balaban J connectivity index is 2.63. The lowest BCUT2D eigenvalue weighted by molar-refractivity contribution is -0.194. The van der Waals surface area contributed by atoms with Crippen molar-refractivity contribution in [3.8, 4) is 0 Å². The smallest absolute Gasteiger partial charge is 0.160 e. The molecule has 1 rings (SSSR count). The van der Waals surface area contributed by atoms with Crippen molar-refractivity contribution in [2.75, 3.05) is 0 Å². The van der Waals surface area contributed by atoms with Crippen molar-refractivity contribution in [3.05, 3.63) is 0 Å². The summed E-state index contributed by atoms with van der Waals surface area (Å²) < 4.78 is 4.89. The van der Waals surface area contributed by atoms with Crippen molar-refractivity contribution in [1.29, 1.82) is 0 Å². The Labute approximate surface area is 69.4 Å². The molecule has 0 spiro atoms. The maximum atomic E-state index is 9.14. The molecule has 0 amide bonds. The average molecular weight is 183 g/mol. The van der Waals surface area contributed by atoms with Gasteiger partial charge in [-0.1, -0.05) is 11.6 Å². The van der Waals surface area contributed by atoms with Crippen LogP contribution in [0.15, 0.2) is 0 Å². The van der Waals surface area contributed by atoms with Crippen LogP contribution in [0.25, 0.3) is 0 Å². The first kappa shape index (κ1) is 9.22. The predicted molar refractivity (Wildman–Crippen MR) is 38.2 cm³/mol. The third-order valence-electron chi connectivity index (χ3n) is 1.79. The van der Waals surface area contributed by atoms with Crippen LogP contribution in [0.5, 0.6) is 0 Å². The van der Waals surface area contributed by atoms with Crippen LogP contribution >= 0.6 is 11.6 Å². The van der Waals surface area contributed by atoms with E-state index in [0.717, 1.165) is 0 Å². The zero-order valence-electron chi connectivity index (χ0n) is 6.01. The van der Waals surface area contributed by atoms with E-state index in [1.54, 1.807) is 6.92 Å². The maximum absolute atomic E-state index is 9.14. The van der Waals surface area contributed by atoms with Gasteiger partial charge in [0.2, 0.25) is 0 Å². The number of ether oxygens (including phenoxy) is 1. The number of halogens is 1. The topological polar surface area (TPSA) is 69.9 Å². The van der Waals surface area contributed by atoms with Gasteiger partial charge in [-0.15, -0.1) is 0 Å². The normalized spacial score (nSPS) is 52.6. The molecule has 66 valence electrons. The minimum Gasteiger partial charge on any atom is -0.388 e. The molecule has 1 saturated heterocycles. The van der Waals surface area contributed by atoms with Gasteiger partial charge in [-0.2, -0.15) is 0 Å². The Morgan fingerprint density at radius 3 is 2.18 bits per heavy atom. The Morgan fingerprint density at radius 2 is 1.64 bits per heavy atom. The van der Waals surface area contributed by atoms with Crippen LogP contribution < -0.4 is 0 Å². The number of aliphatic hydroxyl groups is 3. The van der Waals surface area contributed by atoms with E-state index in [1.165, 1.54) is 0 Å². The van der Waals surface area contributed by atoms with Gasteiger partial charge in [0.15, 0.2) is 5.56 Å². The van der Waals surface area contributed by atoms with E-state index in [2.05, 4.69) is 0 Å². The van der Waals surface area contributed by atoms with Crippen molar-refractivity contribution in [3.63, 3.8) is 0 Å². The van der Waals surface area contributed by atoms with Crippen molar-refractivity contribution < 1.29 is 20.1 Å². The molecule has 1 unspecified atom stereocenters. The zero-order chi connectivity index (χ0) is 8.59. The average Bonchev–Trinajstić information content (AvgIpc) is 1.97. The van der Waals surface area contributed by atoms with E-state index in [4.69, 9.17) is 31.7 Å². The number of rotatable bonds is 0. The van der Waals surface area contributed by atoms with Crippen molar-refractivity contribution in [1.82, 2.24) is 0 Å². The Morgan fingerprint density at radius 1 is 1.09 bits per heavy atom. The summed E-state index contributed by atoms with van der Waals surface area (Å²) in [5.41, 5.74) is -0.941. The van der Waals surface area contributed by atoms with Gasteiger partial charge in [-0.05, 0) is 6.92 Å². The molecule has 0 aromatic heterocycles. The van der Waals surface area contributed by atoms with Gasteiger partial charge >= 0.3 is 0 Å². The van der Waals surface area contributed by atoms with Crippen LogP contribution in [-0.2, 0) is 4.74 Å². The third kappa shape index (κ3) is 1.65. The summed E-state index contributed by atoms with van der Waals surface area (Å²) in [6.45, 7) is 1.58.